The normalized spacial score (nSPS) is 12.5. The molecule has 0 aliphatic heterocycles. The lowest BCUT2D eigenvalue weighted by Crippen LogP contribution is -2.30. The first-order valence-electron chi connectivity index (χ1n) is 9.00. The summed E-state index contributed by atoms with van der Waals surface area (Å²) < 4.78 is 31.0. The van der Waals surface area contributed by atoms with Crippen LogP contribution in [0.1, 0.15) is 27.0 Å². The SMILES string of the molecule is Cc1ccc(C(=O)C(Cc2ccccc2)OS(=O)(=O)c2ccc(C)cc2)cc1. The average molecular weight is 394 g/mol. The second kappa shape index (κ2) is 8.50. The van der Waals surface area contributed by atoms with E-state index in [2.05, 4.69) is 0 Å². The summed E-state index contributed by atoms with van der Waals surface area (Å²) in [5.41, 5.74) is 3.21. The molecule has 0 spiro atoms. The van der Waals surface area contributed by atoms with Crippen LogP contribution >= 0.6 is 0 Å². The Bertz CT molecular complexity index is 1040. The number of hydrogen-bond donors (Lipinski definition) is 0. The number of rotatable bonds is 7. The number of aryl methyl sites for hydroxylation is 2. The number of ketones is 1. The van der Waals surface area contributed by atoms with Crippen LogP contribution in [0.5, 0.6) is 0 Å². The highest BCUT2D eigenvalue weighted by atomic mass is 32.2. The maximum Gasteiger partial charge on any atom is 0.297 e. The fraction of sp³-hybridized carbons (Fsp3) is 0.174. The van der Waals surface area contributed by atoms with Gasteiger partial charge in [-0.2, -0.15) is 8.42 Å². The molecule has 3 aromatic carbocycles. The highest BCUT2D eigenvalue weighted by Crippen LogP contribution is 2.20. The third kappa shape index (κ3) is 4.94. The molecular weight excluding hydrogens is 372 g/mol. The molecule has 0 fully saturated rings. The Morgan fingerprint density at radius 3 is 1.93 bits per heavy atom. The fourth-order valence-electron chi connectivity index (χ4n) is 2.82. The van der Waals surface area contributed by atoms with E-state index in [4.69, 9.17) is 4.18 Å². The van der Waals surface area contributed by atoms with Crippen molar-refractivity contribution in [3.8, 4) is 0 Å². The highest BCUT2D eigenvalue weighted by Gasteiger charge is 2.28. The van der Waals surface area contributed by atoms with Gasteiger partial charge in [-0.15, -0.1) is 0 Å². The Morgan fingerprint density at radius 2 is 1.36 bits per heavy atom. The Morgan fingerprint density at radius 1 is 0.821 bits per heavy atom. The van der Waals surface area contributed by atoms with Crippen molar-refractivity contribution in [1.29, 1.82) is 0 Å². The minimum absolute atomic E-state index is 0.0351. The van der Waals surface area contributed by atoms with Gasteiger partial charge in [-0.05, 0) is 31.5 Å². The molecule has 0 aromatic heterocycles. The molecule has 3 aromatic rings. The minimum atomic E-state index is -4.08. The molecular formula is C23H22O4S. The van der Waals surface area contributed by atoms with E-state index in [1.54, 1.807) is 24.3 Å². The molecule has 4 nitrogen and oxygen atoms in total. The number of Topliss-reactive ketones (excluding diaryl/α,β-unsaturated/α-hetero) is 1. The van der Waals surface area contributed by atoms with Crippen molar-refractivity contribution in [2.24, 2.45) is 0 Å². The molecule has 0 bridgehead atoms. The van der Waals surface area contributed by atoms with Crippen molar-refractivity contribution in [2.75, 3.05) is 0 Å². The maximum absolute atomic E-state index is 13.0. The van der Waals surface area contributed by atoms with Gasteiger partial charge in [0.1, 0.15) is 6.10 Å². The Labute approximate surface area is 165 Å². The quantitative estimate of drug-likeness (QED) is 0.437. The second-order valence-corrected chi connectivity index (χ2v) is 8.34. The molecule has 5 heteroatoms. The smallest absolute Gasteiger partial charge is 0.291 e. The van der Waals surface area contributed by atoms with E-state index < -0.39 is 16.2 Å². The van der Waals surface area contributed by atoms with E-state index in [0.717, 1.165) is 16.7 Å². The Kier molecular flexibility index (Phi) is 6.07. The number of carbonyl (C=O) groups excluding carboxylic acids is 1. The van der Waals surface area contributed by atoms with E-state index in [9.17, 15) is 13.2 Å². The van der Waals surface area contributed by atoms with Crippen molar-refractivity contribution in [3.05, 3.63) is 101 Å². The maximum atomic E-state index is 13.0. The van der Waals surface area contributed by atoms with Crippen LogP contribution < -0.4 is 0 Å². The summed E-state index contributed by atoms with van der Waals surface area (Å²) in [5.74, 6) is -0.362. The number of hydrogen-bond acceptors (Lipinski definition) is 4. The molecule has 1 unspecified atom stereocenters. The Hall–Kier alpha value is -2.76. The van der Waals surface area contributed by atoms with Crippen molar-refractivity contribution in [1.82, 2.24) is 0 Å². The van der Waals surface area contributed by atoms with Crippen molar-refractivity contribution in [3.63, 3.8) is 0 Å². The molecule has 3 rings (SSSR count). The zero-order valence-electron chi connectivity index (χ0n) is 15.8. The standard InChI is InChI=1S/C23H22O4S/c1-17-8-12-20(13-9-17)23(24)22(16-19-6-4-3-5-7-19)27-28(25,26)21-14-10-18(2)11-15-21/h3-15,22H,16H2,1-2H3. The lowest BCUT2D eigenvalue weighted by Gasteiger charge is -2.17. The van der Waals surface area contributed by atoms with Crippen LogP contribution in [-0.4, -0.2) is 20.3 Å². The molecule has 0 aliphatic rings. The van der Waals surface area contributed by atoms with Crippen LogP contribution in [0.2, 0.25) is 0 Å². The third-order valence-corrected chi connectivity index (χ3v) is 5.78. The summed E-state index contributed by atoms with van der Waals surface area (Å²) in [7, 11) is -4.08. The summed E-state index contributed by atoms with van der Waals surface area (Å²) in [5, 5.41) is 0. The third-order valence-electron chi connectivity index (χ3n) is 4.44. The van der Waals surface area contributed by atoms with Crippen molar-refractivity contribution >= 4 is 15.9 Å². The monoisotopic (exact) mass is 394 g/mol. The first-order valence-corrected chi connectivity index (χ1v) is 10.4. The topological polar surface area (TPSA) is 60.4 Å². The van der Waals surface area contributed by atoms with Gasteiger partial charge in [0.25, 0.3) is 10.1 Å². The molecule has 0 heterocycles. The van der Waals surface area contributed by atoms with Gasteiger partial charge in [0.15, 0.2) is 5.78 Å². The fourth-order valence-corrected chi connectivity index (χ4v) is 3.86. The summed E-state index contributed by atoms with van der Waals surface area (Å²) in [6, 6.07) is 22.6. The lowest BCUT2D eigenvalue weighted by molar-refractivity contribution is 0.0801. The highest BCUT2D eigenvalue weighted by molar-refractivity contribution is 7.86. The molecule has 0 saturated heterocycles. The van der Waals surface area contributed by atoms with Crippen LogP contribution in [0, 0.1) is 13.8 Å². The first-order chi connectivity index (χ1) is 13.3. The number of carbonyl (C=O) groups is 1. The zero-order chi connectivity index (χ0) is 20.1. The van der Waals surface area contributed by atoms with Crippen molar-refractivity contribution < 1.29 is 17.4 Å². The summed E-state index contributed by atoms with van der Waals surface area (Å²) in [4.78, 5) is 13.1. The summed E-state index contributed by atoms with van der Waals surface area (Å²) >= 11 is 0. The van der Waals surface area contributed by atoms with Crippen LogP contribution in [0.4, 0.5) is 0 Å². The van der Waals surface area contributed by atoms with Gasteiger partial charge in [0, 0.05) is 12.0 Å². The van der Waals surface area contributed by atoms with E-state index in [0.29, 0.717) is 5.56 Å². The van der Waals surface area contributed by atoms with Crippen LogP contribution in [-0.2, 0) is 20.7 Å². The second-order valence-electron chi connectivity index (χ2n) is 6.77. The molecule has 0 saturated carbocycles. The molecule has 0 N–H and O–H groups in total. The van der Waals surface area contributed by atoms with Crippen molar-refractivity contribution in [2.45, 2.75) is 31.3 Å². The van der Waals surface area contributed by atoms with Gasteiger partial charge in [-0.25, -0.2) is 0 Å². The lowest BCUT2D eigenvalue weighted by atomic mass is 9.99. The molecule has 0 radical (unpaired) electrons. The van der Waals surface area contributed by atoms with Crippen LogP contribution in [0.25, 0.3) is 0 Å². The zero-order valence-corrected chi connectivity index (χ0v) is 16.6. The molecule has 1 atom stereocenters. The molecule has 144 valence electrons. The van der Waals surface area contributed by atoms with Gasteiger partial charge in [-0.1, -0.05) is 77.9 Å². The van der Waals surface area contributed by atoms with Gasteiger partial charge in [-0.3, -0.25) is 8.98 Å². The van der Waals surface area contributed by atoms with Gasteiger partial charge < -0.3 is 0 Å². The van der Waals surface area contributed by atoms with Crippen LogP contribution in [0.15, 0.2) is 83.8 Å². The van der Waals surface area contributed by atoms with E-state index >= 15 is 0 Å². The van der Waals surface area contributed by atoms with E-state index in [1.807, 2.05) is 56.3 Å². The largest absolute Gasteiger partial charge is 0.297 e. The van der Waals surface area contributed by atoms with Gasteiger partial charge >= 0.3 is 0 Å². The molecule has 0 aliphatic carbocycles. The van der Waals surface area contributed by atoms with Gasteiger partial charge in [0.2, 0.25) is 0 Å². The van der Waals surface area contributed by atoms with E-state index in [-0.39, 0.29) is 17.1 Å². The predicted octanol–water partition coefficient (Wildman–Crippen LogP) is 4.50. The first kappa shape index (κ1) is 20.0. The summed E-state index contributed by atoms with van der Waals surface area (Å²) in [6.07, 6.45) is -0.977. The summed E-state index contributed by atoms with van der Waals surface area (Å²) in [6.45, 7) is 3.80. The Balaban J connectivity index is 1.92. The molecule has 28 heavy (non-hydrogen) atoms. The minimum Gasteiger partial charge on any atom is -0.291 e. The van der Waals surface area contributed by atoms with Gasteiger partial charge in [0.05, 0.1) is 4.90 Å². The molecule has 0 amide bonds. The number of benzene rings is 3. The average Bonchev–Trinajstić information content (AvgIpc) is 2.68. The predicted molar refractivity (Wildman–Crippen MR) is 109 cm³/mol. The van der Waals surface area contributed by atoms with Crippen LogP contribution in [0.3, 0.4) is 0 Å². The van der Waals surface area contributed by atoms with E-state index in [1.165, 1.54) is 12.1 Å².